The van der Waals surface area contributed by atoms with Crippen molar-refractivity contribution in [3.8, 4) is 16.9 Å². The second-order valence-electron chi connectivity index (χ2n) is 7.01. The second-order valence-corrected chi connectivity index (χ2v) is 7.01. The van der Waals surface area contributed by atoms with E-state index in [1.54, 1.807) is 12.4 Å². The van der Waals surface area contributed by atoms with Gasteiger partial charge in [0.2, 0.25) is 0 Å². The van der Waals surface area contributed by atoms with Crippen LogP contribution in [0.2, 0.25) is 0 Å². The lowest BCUT2D eigenvalue weighted by Gasteiger charge is -2.10. The SMILES string of the molecule is Cc1ccc2cccc(OCCNCc3cncc(-c4ccc(F)cc4F)c3)c2n1.Cl.Cl. The number of rotatable bonds is 7. The summed E-state index contributed by atoms with van der Waals surface area (Å²) in [5.74, 6) is -0.443. The summed E-state index contributed by atoms with van der Waals surface area (Å²) in [5.41, 5.74) is 3.64. The molecular weight excluding hydrogens is 455 g/mol. The van der Waals surface area contributed by atoms with E-state index in [1.165, 1.54) is 12.1 Å². The van der Waals surface area contributed by atoms with Crippen molar-refractivity contribution in [3.05, 3.63) is 89.9 Å². The number of aryl methyl sites for hydroxylation is 1. The van der Waals surface area contributed by atoms with E-state index in [0.29, 0.717) is 30.8 Å². The largest absolute Gasteiger partial charge is 0.490 e. The first-order valence-corrected chi connectivity index (χ1v) is 9.69. The molecular formula is C24H23Cl2F2N3O. The monoisotopic (exact) mass is 477 g/mol. The molecule has 0 fully saturated rings. The molecule has 2 heterocycles. The number of nitrogens with one attached hydrogen (secondary N) is 1. The van der Waals surface area contributed by atoms with Crippen molar-refractivity contribution in [1.29, 1.82) is 0 Å². The molecule has 2 aromatic heterocycles. The molecule has 4 aromatic rings. The molecule has 8 heteroatoms. The van der Waals surface area contributed by atoms with Crippen LogP contribution < -0.4 is 10.1 Å². The van der Waals surface area contributed by atoms with E-state index in [4.69, 9.17) is 4.74 Å². The first-order chi connectivity index (χ1) is 14.6. The summed E-state index contributed by atoms with van der Waals surface area (Å²) >= 11 is 0. The van der Waals surface area contributed by atoms with Gasteiger partial charge >= 0.3 is 0 Å². The zero-order chi connectivity index (χ0) is 20.9. The summed E-state index contributed by atoms with van der Waals surface area (Å²) in [6.07, 6.45) is 3.29. The molecule has 4 rings (SSSR count). The van der Waals surface area contributed by atoms with Crippen LogP contribution in [-0.4, -0.2) is 23.1 Å². The van der Waals surface area contributed by atoms with E-state index in [9.17, 15) is 8.78 Å². The average molecular weight is 478 g/mol. The fraction of sp³-hybridized carbons (Fsp3) is 0.167. The van der Waals surface area contributed by atoms with Gasteiger partial charge in [0.15, 0.2) is 0 Å². The standard InChI is InChI=1S/C24H21F2N3O.2ClH/c1-16-5-6-18-3-2-4-23(24(18)29-16)30-10-9-27-13-17-11-19(15-28-14-17)21-8-7-20(25)12-22(21)26;;/h2-8,11-12,14-15,27H,9-10,13H2,1H3;2*1H. The van der Waals surface area contributed by atoms with E-state index in [2.05, 4.69) is 15.3 Å². The minimum atomic E-state index is -0.603. The highest BCUT2D eigenvalue weighted by Crippen LogP contribution is 2.24. The highest BCUT2D eigenvalue weighted by molar-refractivity contribution is 5.86. The van der Waals surface area contributed by atoms with Crippen LogP contribution in [0, 0.1) is 18.6 Å². The molecule has 0 amide bonds. The Morgan fingerprint density at radius 2 is 1.81 bits per heavy atom. The van der Waals surface area contributed by atoms with Gasteiger partial charge in [-0.15, -0.1) is 24.8 Å². The number of pyridine rings is 2. The van der Waals surface area contributed by atoms with Gasteiger partial charge in [-0.3, -0.25) is 4.98 Å². The zero-order valence-electron chi connectivity index (χ0n) is 17.3. The van der Waals surface area contributed by atoms with Crippen LogP contribution >= 0.6 is 24.8 Å². The number of fused-ring (bicyclic) bond motifs is 1. The third-order valence-corrected chi connectivity index (χ3v) is 4.73. The first-order valence-electron chi connectivity index (χ1n) is 9.69. The Hall–Kier alpha value is -2.80. The van der Waals surface area contributed by atoms with Crippen LogP contribution in [-0.2, 0) is 6.54 Å². The van der Waals surface area contributed by atoms with Crippen LogP contribution in [0.3, 0.4) is 0 Å². The lowest BCUT2D eigenvalue weighted by Crippen LogP contribution is -2.20. The third kappa shape index (κ3) is 6.13. The molecule has 0 saturated carbocycles. The molecule has 0 atom stereocenters. The molecule has 4 nitrogen and oxygen atoms in total. The normalized spacial score (nSPS) is 10.3. The lowest BCUT2D eigenvalue weighted by molar-refractivity contribution is 0.316. The smallest absolute Gasteiger partial charge is 0.145 e. The molecule has 0 radical (unpaired) electrons. The molecule has 0 unspecified atom stereocenters. The Morgan fingerprint density at radius 1 is 0.969 bits per heavy atom. The van der Waals surface area contributed by atoms with Crippen molar-refractivity contribution in [2.45, 2.75) is 13.5 Å². The molecule has 0 aliphatic heterocycles. The molecule has 0 bridgehead atoms. The minimum Gasteiger partial charge on any atom is -0.490 e. The Bertz CT molecular complexity index is 1190. The van der Waals surface area contributed by atoms with Gasteiger partial charge in [-0.05, 0) is 42.8 Å². The Labute approximate surface area is 197 Å². The van der Waals surface area contributed by atoms with E-state index in [-0.39, 0.29) is 24.8 Å². The Balaban J connectivity index is 0.00000181. The maximum Gasteiger partial charge on any atom is 0.145 e. The van der Waals surface area contributed by atoms with Gasteiger partial charge in [0.25, 0.3) is 0 Å². The van der Waals surface area contributed by atoms with Crippen LogP contribution in [0.15, 0.2) is 67.0 Å². The Morgan fingerprint density at radius 3 is 2.62 bits per heavy atom. The van der Waals surface area contributed by atoms with Crippen molar-refractivity contribution in [2.24, 2.45) is 0 Å². The number of ether oxygens (including phenoxy) is 1. The summed E-state index contributed by atoms with van der Waals surface area (Å²) < 4.78 is 33.0. The summed E-state index contributed by atoms with van der Waals surface area (Å²) in [7, 11) is 0. The topological polar surface area (TPSA) is 47.0 Å². The number of aromatic nitrogens is 2. The summed E-state index contributed by atoms with van der Waals surface area (Å²) in [4.78, 5) is 8.74. The maximum atomic E-state index is 14.0. The fourth-order valence-electron chi connectivity index (χ4n) is 3.25. The maximum absolute atomic E-state index is 14.0. The van der Waals surface area contributed by atoms with Crippen LogP contribution in [0.25, 0.3) is 22.0 Å². The lowest BCUT2D eigenvalue weighted by atomic mass is 10.1. The summed E-state index contributed by atoms with van der Waals surface area (Å²) in [5, 5.41) is 4.34. The Kier molecular flexibility index (Phi) is 9.32. The molecule has 0 aliphatic carbocycles. The molecule has 0 spiro atoms. The molecule has 1 N–H and O–H groups in total. The quantitative estimate of drug-likeness (QED) is 0.336. The number of benzene rings is 2. The number of halogens is 4. The van der Waals surface area contributed by atoms with Gasteiger partial charge in [0.05, 0.1) is 0 Å². The van der Waals surface area contributed by atoms with E-state index in [1.807, 2.05) is 43.3 Å². The van der Waals surface area contributed by atoms with E-state index in [0.717, 1.165) is 34.0 Å². The number of hydrogen-bond acceptors (Lipinski definition) is 4. The van der Waals surface area contributed by atoms with Crippen LogP contribution in [0.5, 0.6) is 5.75 Å². The molecule has 32 heavy (non-hydrogen) atoms. The van der Waals surface area contributed by atoms with Gasteiger partial charge in [-0.1, -0.05) is 18.2 Å². The minimum absolute atomic E-state index is 0. The predicted octanol–water partition coefficient (Wildman–Crippen LogP) is 5.90. The van der Waals surface area contributed by atoms with Crippen molar-refractivity contribution in [3.63, 3.8) is 0 Å². The van der Waals surface area contributed by atoms with Crippen LogP contribution in [0.1, 0.15) is 11.3 Å². The van der Waals surface area contributed by atoms with Crippen molar-refractivity contribution < 1.29 is 13.5 Å². The van der Waals surface area contributed by atoms with Crippen LogP contribution in [0.4, 0.5) is 8.78 Å². The molecule has 168 valence electrons. The zero-order valence-corrected chi connectivity index (χ0v) is 19.0. The van der Waals surface area contributed by atoms with Gasteiger partial charge in [-0.25, -0.2) is 13.8 Å². The number of hydrogen-bond donors (Lipinski definition) is 1. The average Bonchev–Trinajstić information content (AvgIpc) is 2.74. The number of para-hydroxylation sites is 1. The highest BCUT2D eigenvalue weighted by atomic mass is 35.5. The fourth-order valence-corrected chi connectivity index (χ4v) is 3.25. The van der Waals surface area contributed by atoms with Crippen molar-refractivity contribution in [2.75, 3.05) is 13.2 Å². The molecule has 0 aliphatic rings. The second kappa shape index (κ2) is 11.7. The number of nitrogens with zero attached hydrogens (tertiary/aromatic N) is 2. The molecule has 2 aromatic carbocycles. The predicted molar refractivity (Wildman–Crippen MR) is 128 cm³/mol. The van der Waals surface area contributed by atoms with E-state index < -0.39 is 11.6 Å². The molecule has 0 saturated heterocycles. The van der Waals surface area contributed by atoms with Gasteiger partial charge in [-0.2, -0.15) is 0 Å². The van der Waals surface area contributed by atoms with Gasteiger partial charge < -0.3 is 10.1 Å². The summed E-state index contributed by atoms with van der Waals surface area (Å²) in [6.45, 7) is 3.61. The summed E-state index contributed by atoms with van der Waals surface area (Å²) in [6, 6.07) is 15.3. The van der Waals surface area contributed by atoms with Gasteiger partial charge in [0.1, 0.15) is 29.5 Å². The third-order valence-electron chi connectivity index (χ3n) is 4.73. The van der Waals surface area contributed by atoms with Crippen molar-refractivity contribution >= 4 is 35.7 Å². The van der Waals surface area contributed by atoms with E-state index >= 15 is 0 Å². The first kappa shape index (κ1) is 25.5. The van der Waals surface area contributed by atoms with Gasteiger partial charge in [0, 0.05) is 53.8 Å². The highest BCUT2D eigenvalue weighted by Gasteiger charge is 2.08. The van der Waals surface area contributed by atoms with Crippen molar-refractivity contribution in [1.82, 2.24) is 15.3 Å².